The first-order valence-electron chi connectivity index (χ1n) is 10.8. The largest absolute Gasteiger partial charge is 0.410 e. The van der Waals surface area contributed by atoms with Crippen molar-refractivity contribution in [2.45, 2.75) is 9.79 Å². The van der Waals surface area contributed by atoms with Gasteiger partial charge in [0.25, 0.3) is 0 Å². The number of nitrogens with one attached hydrogen (secondary N) is 2. The summed E-state index contributed by atoms with van der Waals surface area (Å²) in [5.41, 5.74) is 2.47. The van der Waals surface area contributed by atoms with Crippen LogP contribution in [0.2, 0.25) is 0 Å². The Hall–Kier alpha value is -2.35. The topological polar surface area (TPSA) is 131 Å². The lowest BCUT2D eigenvalue weighted by Gasteiger charge is -2.26. The number of rotatable bonds is 4. The highest BCUT2D eigenvalue weighted by atomic mass is 32.2. The first kappa shape index (κ1) is 22.4. The Morgan fingerprint density at radius 1 is 0.667 bits per heavy atom. The summed E-state index contributed by atoms with van der Waals surface area (Å²) in [5.74, 6) is 0. The zero-order valence-corrected chi connectivity index (χ0v) is 19.5. The van der Waals surface area contributed by atoms with Crippen LogP contribution >= 0.6 is 0 Å². The van der Waals surface area contributed by atoms with Gasteiger partial charge in [-0.25, -0.2) is 16.8 Å². The maximum Gasteiger partial charge on any atom is 0.243 e. The van der Waals surface area contributed by atoms with Crippen LogP contribution in [-0.4, -0.2) is 88.7 Å². The second kappa shape index (κ2) is 8.46. The summed E-state index contributed by atoms with van der Waals surface area (Å²) >= 11 is 0. The van der Waals surface area contributed by atoms with Crippen LogP contribution in [0.4, 0.5) is 0 Å². The van der Waals surface area contributed by atoms with E-state index in [-0.39, 0.29) is 15.5 Å². The van der Waals surface area contributed by atoms with Gasteiger partial charge in [-0.05, 0) is 35.4 Å². The molecule has 2 fully saturated rings. The fraction of sp³-hybridized carbons (Fsp3) is 0.381. The third-order valence-electron chi connectivity index (χ3n) is 6.31. The number of hydrogen-bond donors (Lipinski definition) is 3. The Balaban J connectivity index is 1.53. The molecule has 2 aromatic carbocycles. The van der Waals surface area contributed by atoms with Crippen LogP contribution in [0.25, 0.3) is 11.1 Å². The summed E-state index contributed by atoms with van der Waals surface area (Å²) < 4.78 is 55.3. The van der Waals surface area contributed by atoms with Gasteiger partial charge in [-0.15, -0.1) is 0 Å². The minimum atomic E-state index is -3.70. The monoisotopic (exact) mass is 491 g/mol. The lowest BCUT2D eigenvalue weighted by molar-refractivity contribution is 0.319. The van der Waals surface area contributed by atoms with Gasteiger partial charge in [-0.3, -0.25) is 0 Å². The molecule has 0 saturated carbocycles. The Morgan fingerprint density at radius 3 is 1.42 bits per heavy atom. The number of fused-ring (bicyclic) bond motifs is 3. The number of piperazine rings is 2. The molecule has 2 saturated heterocycles. The fourth-order valence-electron chi connectivity index (χ4n) is 4.55. The fourth-order valence-corrected chi connectivity index (χ4v) is 7.49. The number of sulfonamides is 2. The molecule has 3 N–H and O–H groups in total. The average molecular weight is 492 g/mol. The summed E-state index contributed by atoms with van der Waals surface area (Å²) in [6.45, 7) is 3.88. The zero-order valence-electron chi connectivity index (χ0n) is 17.9. The zero-order chi connectivity index (χ0) is 23.2. The van der Waals surface area contributed by atoms with Crippen LogP contribution in [-0.2, 0) is 20.0 Å². The first-order chi connectivity index (χ1) is 15.8. The Bertz CT molecular complexity index is 1230. The Kier molecular flexibility index (Phi) is 5.75. The van der Waals surface area contributed by atoms with E-state index >= 15 is 0 Å². The van der Waals surface area contributed by atoms with Crippen molar-refractivity contribution in [3.63, 3.8) is 0 Å². The van der Waals surface area contributed by atoms with Crippen molar-refractivity contribution in [3.05, 3.63) is 47.5 Å². The summed E-state index contributed by atoms with van der Waals surface area (Å²) in [5, 5.41) is 19.5. The molecule has 0 atom stereocenters. The van der Waals surface area contributed by atoms with Gasteiger partial charge in [0.15, 0.2) is 0 Å². The standard InChI is InChI=1S/C21H25N5O5S2/c27-24-21-19-13-15(32(28,29)25-9-5-22-6-10-25)1-3-17(19)18-4-2-16(14-20(18)21)33(30,31)26-11-7-23-8-12-26/h1-4,13-14,22-23,27H,5-12H2. The number of hydrogen-bond acceptors (Lipinski definition) is 8. The molecule has 2 aliphatic heterocycles. The van der Waals surface area contributed by atoms with E-state index in [1.807, 2.05) is 0 Å². The van der Waals surface area contributed by atoms with E-state index in [1.54, 1.807) is 24.3 Å². The van der Waals surface area contributed by atoms with Gasteiger partial charge >= 0.3 is 0 Å². The van der Waals surface area contributed by atoms with Gasteiger partial charge in [-0.2, -0.15) is 8.61 Å². The predicted octanol–water partition coefficient (Wildman–Crippen LogP) is 0.0814. The minimum absolute atomic E-state index is 0.116. The SMILES string of the molecule is O=S(=O)(c1ccc2c(c1)C(=NO)c1cc(S(=O)(=O)N3CCNCC3)ccc1-2)N1CCNCC1. The molecule has 0 aromatic heterocycles. The summed E-state index contributed by atoms with van der Waals surface area (Å²) in [6.07, 6.45) is 0. The number of oxime groups is 1. The van der Waals surface area contributed by atoms with Crippen molar-refractivity contribution in [1.82, 2.24) is 19.2 Å². The second-order valence-corrected chi connectivity index (χ2v) is 12.0. The van der Waals surface area contributed by atoms with E-state index in [4.69, 9.17) is 0 Å². The van der Waals surface area contributed by atoms with E-state index in [1.165, 1.54) is 20.7 Å². The molecule has 0 unspecified atom stereocenters. The maximum absolute atomic E-state index is 13.1. The molecule has 2 heterocycles. The average Bonchev–Trinajstić information content (AvgIpc) is 3.17. The van der Waals surface area contributed by atoms with Gasteiger partial charge in [0.1, 0.15) is 5.71 Å². The highest BCUT2D eigenvalue weighted by Crippen LogP contribution is 2.39. The molecule has 0 amide bonds. The quantitative estimate of drug-likeness (QED) is 0.348. The van der Waals surface area contributed by atoms with Crippen LogP contribution < -0.4 is 10.6 Å². The van der Waals surface area contributed by atoms with E-state index in [2.05, 4.69) is 15.8 Å². The van der Waals surface area contributed by atoms with Crippen molar-refractivity contribution >= 4 is 25.8 Å². The third-order valence-corrected chi connectivity index (χ3v) is 10.1. The van der Waals surface area contributed by atoms with Crippen molar-refractivity contribution in [1.29, 1.82) is 0 Å². The summed E-state index contributed by atoms with van der Waals surface area (Å²) in [6, 6.07) is 9.48. The lowest BCUT2D eigenvalue weighted by Crippen LogP contribution is -2.46. The first-order valence-corrected chi connectivity index (χ1v) is 13.6. The number of benzene rings is 2. The van der Waals surface area contributed by atoms with Crippen molar-refractivity contribution in [2.24, 2.45) is 5.16 Å². The maximum atomic E-state index is 13.1. The molecule has 3 aliphatic rings. The molecule has 176 valence electrons. The van der Waals surface area contributed by atoms with Gasteiger partial charge < -0.3 is 15.8 Å². The molecule has 10 nitrogen and oxygen atoms in total. The van der Waals surface area contributed by atoms with E-state index in [9.17, 15) is 22.0 Å². The Labute approximate surface area is 193 Å². The molecule has 2 aromatic rings. The molecule has 0 radical (unpaired) electrons. The van der Waals surface area contributed by atoms with Crippen LogP contribution in [0, 0.1) is 0 Å². The lowest BCUT2D eigenvalue weighted by atomic mass is 10.1. The van der Waals surface area contributed by atoms with E-state index < -0.39 is 20.0 Å². The highest BCUT2D eigenvalue weighted by Gasteiger charge is 2.33. The number of nitrogens with zero attached hydrogens (tertiary/aromatic N) is 3. The van der Waals surface area contributed by atoms with Gasteiger partial charge in [0.05, 0.1) is 9.79 Å². The van der Waals surface area contributed by atoms with Crippen molar-refractivity contribution < 1.29 is 22.0 Å². The smallest absolute Gasteiger partial charge is 0.243 e. The molecule has 0 bridgehead atoms. The molecule has 5 rings (SSSR count). The van der Waals surface area contributed by atoms with E-state index in [0.717, 1.165) is 0 Å². The van der Waals surface area contributed by atoms with Crippen molar-refractivity contribution in [2.75, 3.05) is 52.4 Å². The highest BCUT2D eigenvalue weighted by molar-refractivity contribution is 7.89. The Morgan fingerprint density at radius 2 is 1.06 bits per heavy atom. The molecule has 12 heteroatoms. The van der Waals surface area contributed by atoms with Crippen LogP contribution in [0.5, 0.6) is 0 Å². The van der Waals surface area contributed by atoms with Gasteiger partial charge in [-0.1, -0.05) is 17.3 Å². The molecule has 1 aliphatic carbocycles. The van der Waals surface area contributed by atoms with Gasteiger partial charge in [0, 0.05) is 63.5 Å². The normalized spacial score (nSPS) is 19.8. The predicted molar refractivity (Wildman–Crippen MR) is 123 cm³/mol. The summed E-state index contributed by atoms with van der Waals surface area (Å²) in [4.78, 5) is 0.233. The van der Waals surface area contributed by atoms with Crippen molar-refractivity contribution in [3.8, 4) is 11.1 Å². The van der Waals surface area contributed by atoms with Crippen LogP contribution in [0.1, 0.15) is 11.1 Å². The molecular formula is C21H25N5O5S2. The molecular weight excluding hydrogens is 466 g/mol. The van der Waals surface area contributed by atoms with Gasteiger partial charge in [0.2, 0.25) is 20.0 Å². The van der Waals surface area contributed by atoms with Crippen LogP contribution in [0.15, 0.2) is 51.3 Å². The van der Waals surface area contributed by atoms with E-state index in [0.29, 0.717) is 74.6 Å². The molecule has 33 heavy (non-hydrogen) atoms. The van der Waals surface area contributed by atoms with Crippen LogP contribution in [0.3, 0.4) is 0 Å². The molecule has 0 spiro atoms. The minimum Gasteiger partial charge on any atom is -0.410 e. The third kappa shape index (κ3) is 3.76. The second-order valence-electron chi connectivity index (χ2n) is 8.17. The summed E-state index contributed by atoms with van der Waals surface area (Å²) in [7, 11) is -7.40.